The number of halogens is 2. The van der Waals surface area contributed by atoms with Crippen molar-refractivity contribution in [2.75, 3.05) is 5.73 Å². The quantitative estimate of drug-likeness (QED) is 0.676. The van der Waals surface area contributed by atoms with Gasteiger partial charge in [-0.1, -0.05) is 17.7 Å². The third-order valence-corrected chi connectivity index (χ3v) is 3.13. The first-order valence-corrected chi connectivity index (χ1v) is 6.05. The highest BCUT2D eigenvalue weighted by atomic mass is 79.9. The van der Waals surface area contributed by atoms with E-state index in [1.807, 2.05) is 0 Å². The second kappa shape index (κ2) is 5.37. The van der Waals surface area contributed by atoms with E-state index < -0.39 is 4.92 Å². The zero-order valence-electron chi connectivity index (χ0n) is 9.21. The Bertz CT molecular complexity index is 653. The predicted molar refractivity (Wildman–Crippen MR) is 72.3 cm³/mol. The Hall–Kier alpha value is -1.93. The van der Waals surface area contributed by atoms with Gasteiger partial charge in [-0.05, 0) is 22.0 Å². The minimum Gasteiger partial charge on any atom is -0.436 e. The number of benzene rings is 1. The molecule has 1 aromatic carbocycles. The van der Waals surface area contributed by atoms with Gasteiger partial charge in [-0.25, -0.2) is 4.98 Å². The minimum atomic E-state index is -0.535. The molecule has 19 heavy (non-hydrogen) atoms. The van der Waals surface area contributed by atoms with E-state index in [-0.39, 0.29) is 32.8 Å². The van der Waals surface area contributed by atoms with Crippen LogP contribution in [0, 0.1) is 10.1 Å². The number of rotatable bonds is 3. The second-order valence-electron chi connectivity index (χ2n) is 3.33. The lowest BCUT2D eigenvalue weighted by molar-refractivity contribution is -0.385. The van der Waals surface area contributed by atoms with Gasteiger partial charge in [0, 0.05) is 6.07 Å². The second-order valence-corrected chi connectivity index (χ2v) is 4.53. The molecule has 0 spiro atoms. The fraction of sp³-hybridized carbons (Fsp3) is 0. The van der Waals surface area contributed by atoms with Crippen molar-refractivity contribution < 1.29 is 9.66 Å². The first-order chi connectivity index (χ1) is 8.99. The topological polar surface area (TPSA) is 104 Å². The van der Waals surface area contributed by atoms with Crippen molar-refractivity contribution in [2.45, 2.75) is 0 Å². The Morgan fingerprint density at radius 1 is 1.47 bits per heavy atom. The van der Waals surface area contributed by atoms with Crippen LogP contribution in [0.2, 0.25) is 5.02 Å². The summed E-state index contributed by atoms with van der Waals surface area (Å²) >= 11 is 8.94. The van der Waals surface area contributed by atoms with E-state index in [0.717, 1.165) is 0 Å². The average molecular weight is 346 g/mol. The van der Waals surface area contributed by atoms with Crippen molar-refractivity contribution in [1.82, 2.24) is 9.97 Å². The third kappa shape index (κ3) is 2.91. The van der Waals surface area contributed by atoms with Crippen LogP contribution in [0.5, 0.6) is 11.6 Å². The van der Waals surface area contributed by atoms with Gasteiger partial charge in [0.1, 0.15) is 9.50 Å². The van der Waals surface area contributed by atoms with Crippen molar-refractivity contribution in [3.05, 3.63) is 44.0 Å². The van der Waals surface area contributed by atoms with Crippen molar-refractivity contribution in [2.24, 2.45) is 0 Å². The molecule has 0 unspecified atom stereocenters. The molecule has 0 saturated heterocycles. The van der Waals surface area contributed by atoms with Crippen LogP contribution in [-0.4, -0.2) is 14.9 Å². The van der Waals surface area contributed by atoms with Gasteiger partial charge < -0.3 is 10.5 Å². The lowest BCUT2D eigenvalue weighted by Gasteiger charge is -2.08. The number of anilines is 1. The van der Waals surface area contributed by atoms with Crippen LogP contribution in [-0.2, 0) is 0 Å². The maximum absolute atomic E-state index is 10.8. The summed E-state index contributed by atoms with van der Waals surface area (Å²) in [6.45, 7) is 0. The Kier molecular flexibility index (Phi) is 3.82. The van der Waals surface area contributed by atoms with Crippen LogP contribution in [0.1, 0.15) is 0 Å². The van der Waals surface area contributed by atoms with Crippen molar-refractivity contribution >= 4 is 39.2 Å². The smallest absolute Gasteiger partial charge is 0.287 e. The number of nitrogen functional groups attached to an aromatic ring is 1. The molecule has 2 N–H and O–H groups in total. The molecule has 2 rings (SSSR count). The van der Waals surface area contributed by atoms with Gasteiger partial charge in [0.2, 0.25) is 11.8 Å². The van der Waals surface area contributed by atoms with Crippen LogP contribution >= 0.6 is 27.5 Å². The number of hydrogen-bond acceptors (Lipinski definition) is 6. The number of nitro groups is 1. The molecular formula is C10H6BrClN4O3. The highest BCUT2D eigenvalue weighted by molar-refractivity contribution is 9.10. The molecule has 0 aliphatic heterocycles. The first kappa shape index (κ1) is 13.5. The normalized spacial score (nSPS) is 10.2. The SMILES string of the molecule is Nc1ncc(Cl)c(Oc2cccc([N+](=O)[O-])c2Br)n1. The molecule has 0 fully saturated rings. The maximum Gasteiger partial charge on any atom is 0.287 e. The fourth-order valence-corrected chi connectivity index (χ4v) is 1.88. The Labute approximate surface area is 120 Å². The Balaban J connectivity index is 2.41. The molecule has 0 saturated carbocycles. The number of ether oxygens (including phenoxy) is 1. The summed E-state index contributed by atoms with van der Waals surface area (Å²) in [4.78, 5) is 17.8. The standard InChI is InChI=1S/C10H6BrClN4O3/c11-8-6(16(17)18)2-1-3-7(8)19-9-5(12)4-14-10(13)15-9/h1-4H,(H2,13,14,15). The largest absolute Gasteiger partial charge is 0.436 e. The van der Waals surface area contributed by atoms with Crippen LogP contribution in [0.15, 0.2) is 28.9 Å². The van der Waals surface area contributed by atoms with Crippen LogP contribution in [0.4, 0.5) is 11.6 Å². The van der Waals surface area contributed by atoms with E-state index in [0.29, 0.717) is 0 Å². The third-order valence-electron chi connectivity index (χ3n) is 2.08. The molecular weight excluding hydrogens is 339 g/mol. The molecule has 0 aliphatic carbocycles. The van der Waals surface area contributed by atoms with Crippen LogP contribution < -0.4 is 10.5 Å². The summed E-state index contributed by atoms with van der Waals surface area (Å²) in [5, 5.41) is 10.9. The molecule has 9 heteroatoms. The molecule has 0 aliphatic rings. The van der Waals surface area contributed by atoms with Crippen LogP contribution in [0.3, 0.4) is 0 Å². The van der Waals surface area contributed by atoms with E-state index in [1.165, 1.54) is 24.4 Å². The minimum absolute atomic E-state index is 0.0130. The molecule has 98 valence electrons. The highest BCUT2D eigenvalue weighted by Gasteiger charge is 2.17. The van der Waals surface area contributed by atoms with Gasteiger partial charge in [-0.3, -0.25) is 10.1 Å². The number of nitrogens with two attached hydrogens (primary N) is 1. The summed E-state index contributed by atoms with van der Waals surface area (Å²) in [6, 6.07) is 4.36. The summed E-state index contributed by atoms with van der Waals surface area (Å²) in [5.41, 5.74) is 5.29. The van der Waals surface area contributed by atoms with Gasteiger partial charge >= 0.3 is 0 Å². The maximum atomic E-state index is 10.8. The molecule has 0 bridgehead atoms. The van der Waals surface area contributed by atoms with E-state index in [4.69, 9.17) is 22.1 Å². The fourth-order valence-electron chi connectivity index (χ4n) is 1.26. The van der Waals surface area contributed by atoms with Gasteiger partial charge in [0.25, 0.3) is 5.69 Å². The number of nitrogens with zero attached hydrogens (tertiary/aromatic N) is 3. The van der Waals surface area contributed by atoms with Crippen LogP contribution in [0.25, 0.3) is 0 Å². The van der Waals surface area contributed by atoms with E-state index >= 15 is 0 Å². The Morgan fingerprint density at radius 3 is 2.89 bits per heavy atom. The summed E-state index contributed by atoms with van der Waals surface area (Å²) < 4.78 is 5.59. The van der Waals surface area contributed by atoms with Gasteiger partial charge in [0.05, 0.1) is 11.1 Å². The van der Waals surface area contributed by atoms with E-state index in [9.17, 15) is 10.1 Å². The van der Waals surface area contributed by atoms with E-state index in [2.05, 4.69) is 25.9 Å². The lowest BCUT2D eigenvalue weighted by atomic mass is 10.3. The first-order valence-electron chi connectivity index (χ1n) is 4.88. The zero-order chi connectivity index (χ0) is 14.0. The summed E-state index contributed by atoms with van der Waals surface area (Å²) in [7, 11) is 0. The number of aromatic nitrogens is 2. The van der Waals surface area contributed by atoms with Gasteiger partial charge in [0.15, 0.2) is 5.75 Å². The predicted octanol–water partition coefficient (Wildman–Crippen LogP) is 3.18. The van der Waals surface area contributed by atoms with Crippen molar-refractivity contribution in [3.63, 3.8) is 0 Å². The van der Waals surface area contributed by atoms with Crippen molar-refractivity contribution in [3.8, 4) is 11.6 Å². The molecule has 1 heterocycles. The Morgan fingerprint density at radius 2 is 2.21 bits per heavy atom. The highest BCUT2D eigenvalue weighted by Crippen LogP contribution is 2.37. The summed E-state index contributed by atoms with van der Waals surface area (Å²) in [5.74, 6) is 0.213. The molecule has 0 amide bonds. The molecule has 0 radical (unpaired) electrons. The number of hydrogen-bond donors (Lipinski definition) is 1. The molecule has 0 atom stereocenters. The molecule has 7 nitrogen and oxygen atoms in total. The van der Waals surface area contributed by atoms with Crippen molar-refractivity contribution in [1.29, 1.82) is 0 Å². The monoisotopic (exact) mass is 344 g/mol. The van der Waals surface area contributed by atoms with E-state index in [1.54, 1.807) is 0 Å². The van der Waals surface area contributed by atoms with Gasteiger partial charge in [-0.15, -0.1) is 0 Å². The zero-order valence-corrected chi connectivity index (χ0v) is 11.6. The molecule has 1 aromatic heterocycles. The van der Waals surface area contributed by atoms with Gasteiger partial charge in [-0.2, -0.15) is 4.98 Å². The summed E-state index contributed by atoms with van der Waals surface area (Å²) in [6.07, 6.45) is 1.28. The number of nitro benzene ring substituents is 1. The molecule has 2 aromatic rings. The average Bonchev–Trinajstić information content (AvgIpc) is 2.36. The lowest BCUT2D eigenvalue weighted by Crippen LogP contribution is -1.98.